The summed E-state index contributed by atoms with van der Waals surface area (Å²) in [6, 6.07) is 9.92. The summed E-state index contributed by atoms with van der Waals surface area (Å²) in [6.45, 7) is 0. The number of hydrogen-bond acceptors (Lipinski definition) is 5. The fraction of sp³-hybridized carbons (Fsp3) is 0.130. The lowest BCUT2D eigenvalue weighted by Gasteiger charge is -2.17. The first-order valence-corrected chi connectivity index (χ1v) is 10.1. The normalized spacial score (nSPS) is 11.9. The van der Waals surface area contributed by atoms with E-state index in [0.717, 1.165) is 30.7 Å². The fourth-order valence-electron chi connectivity index (χ4n) is 3.44. The summed E-state index contributed by atoms with van der Waals surface area (Å²) in [4.78, 5) is 17.0. The second-order valence-electron chi connectivity index (χ2n) is 7.32. The lowest BCUT2D eigenvalue weighted by Crippen LogP contribution is -2.20. The van der Waals surface area contributed by atoms with Crippen LogP contribution in [0.3, 0.4) is 0 Å². The van der Waals surface area contributed by atoms with Gasteiger partial charge in [0.25, 0.3) is 5.91 Å². The molecular formula is C23H15F6N5O2. The van der Waals surface area contributed by atoms with Gasteiger partial charge in [0.05, 0.1) is 42.5 Å². The van der Waals surface area contributed by atoms with E-state index >= 15 is 0 Å². The van der Waals surface area contributed by atoms with Crippen LogP contribution in [0.4, 0.5) is 32.0 Å². The molecule has 0 saturated heterocycles. The Morgan fingerprint density at radius 1 is 0.917 bits per heavy atom. The van der Waals surface area contributed by atoms with Crippen molar-refractivity contribution in [3.8, 4) is 22.7 Å². The van der Waals surface area contributed by atoms with Gasteiger partial charge >= 0.3 is 12.4 Å². The first kappa shape index (κ1) is 24.7. The highest BCUT2D eigenvalue weighted by molar-refractivity contribution is 6.05. The number of benzene rings is 2. The number of nitrogens with zero attached hydrogens (tertiary/aromatic N) is 4. The molecule has 1 N–H and O–H groups in total. The molecule has 0 aliphatic carbocycles. The lowest BCUT2D eigenvalue weighted by atomic mass is 9.97. The summed E-state index contributed by atoms with van der Waals surface area (Å²) in [7, 11) is 1.36. The molecule has 0 radical (unpaired) electrons. The van der Waals surface area contributed by atoms with Gasteiger partial charge in [-0.1, -0.05) is 24.3 Å². The predicted molar refractivity (Wildman–Crippen MR) is 116 cm³/mol. The van der Waals surface area contributed by atoms with Crippen molar-refractivity contribution in [2.45, 2.75) is 12.4 Å². The number of carbonyl (C=O) groups is 1. The van der Waals surface area contributed by atoms with Gasteiger partial charge in [0, 0.05) is 5.56 Å². The van der Waals surface area contributed by atoms with E-state index in [-0.39, 0.29) is 5.56 Å². The van der Waals surface area contributed by atoms with Gasteiger partial charge in [0.15, 0.2) is 5.82 Å². The third-order valence-corrected chi connectivity index (χ3v) is 5.03. The Balaban J connectivity index is 1.72. The van der Waals surface area contributed by atoms with Crippen molar-refractivity contribution in [1.82, 2.24) is 20.0 Å². The minimum Gasteiger partial charge on any atom is -0.496 e. The van der Waals surface area contributed by atoms with Crippen LogP contribution in [0.25, 0.3) is 16.9 Å². The summed E-state index contributed by atoms with van der Waals surface area (Å²) >= 11 is 0. The van der Waals surface area contributed by atoms with Gasteiger partial charge in [-0.05, 0) is 29.8 Å². The molecule has 2 aromatic heterocycles. The highest BCUT2D eigenvalue weighted by Gasteiger charge is 2.37. The van der Waals surface area contributed by atoms with E-state index in [9.17, 15) is 31.1 Å². The number of nitrogens with one attached hydrogen (secondary N) is 1. The number of pyridine rings is 1. The summed E-state index contributed by atoms with van der Waals surface area (Å²) in [5.74, 6) is -1.61. The van der Waals surface area contributed by atoms with E-state index in [0.29, 0.717) is 22.2 Å². The average molecular weight is 507 g/mol. The molecule has 0 fully saturated rings. The number of rotatable bonds is 5. The van der Waals surface area contributed by atoms with Crippen LogP contribution < -0.4 is 10.1 Å². The molecule has 0 unspecified atom stereocenters. The van der Waals surface area contributed by atoms with Gasteiger partial charge in [-0.25, -0.2) is 4.98 Å². The van der Waals surface area contributed by atoms with Gasteiger partial charge in [-0.15, -0.1) is 4.80 Å². The van der Waals surface area contributed by atoms with Crippen molar-refractivity contribution >= 4 is 11.6 Å². The number of aromatic nitrogens is 4. The first-order valence-electron chi connectivity index (χ1n) is 10.1. The van der Waals surface area contributed by atoms with Crippen molar-refractivity contribution in [3.05, 3.63) is 83.8 Å². The Morgan fingerprint density at radius 3 is 2.22 bits per heavy atom. The maximum atomic E-state index is 13.9. The molecule has 0 bridgehead atoms. The first-order chi connectivity index (χ1) is 17.0. The Hall–Kier alpha value is -4.42. The number of anilines is 1. The maximum Gasteiger partial charge on any atom is 0.420 e. The van der Waals surface area contributed by atoms with E-state index < -0.39 is 46.5 Å². The maximum absolute atomic E-state index is 13.9. The molecule has 4 rings (SSSR count). The highest BCUT2D eigenvalue weighted by atomic mass is 19.4. The van der Waals surface area contributed by atoms with Gasteiger partial charge in [0.1, 0.15) is 11.3 Å². The molecule has 0 atom stereocenters. The average Bonchev–Trinajstić information content (AvgIpc) is 3.37. The Bertz CT molecular complexity index is 1400. The number of halogens is 6. The van der Waals surface area contributed by atoms with E-state index in [2.05, 4.69) is 20.5 Å². The number of amides is 1. The van der Waals surface area contributed by atoms with Crippen LogP contribution in [-0.4, -0.2) is 33.0 Å². The van der Waals surface area contributed by atoms with Crippen molar-refractivity contribution < 1.29 is 35.9 Å². The standard InChI is InChI=1S/C23H15F6N5O2/c1-36-19-5-3-2-4-15(19)13-6-7-16(17(10-13)22(24,25)26)21(35)33-14-11-18(23(27,28)29)20(30-12-14)34-31-8-9-32-34/h2-12H,1H3,(H,33,35). The zero-order valence-electron chi connectivity index (χ0n) is 18.2. The molecule has 36 heavy (non-hydrogen) atoms. The van der Waals surface area contributed by atoms with Crippen LogP contribution in [-0.2, 0) is 12.4 Å². The summed E-state index contributed by atoms with van der Waals surface area (Å²) in [5.41, 5.74) is -3.32. The second kappa shape index (κ2) is 9.32. The zero-order chi connectivity index (χ0) is 26.1. The molecule has 0 spiro atoms. The molecule has 0 aliphatic rings. The summed E-state index contributed by atoms with van der Waals surface area (Å²) in [6.07, 6.45) is -6.70. The van der Waals surface area contributed by atoms with E-state index in [1.54, 1.807) is 24.3 Å². The lowest BCUT2D eigenvalue weighted by molar-refractivity contribution is -0.138. The third-order valence-electron chi connectivity index (χ3n) is 5.03. The molecule has 13 heteroatoms. The van der Waals surface area contributed by atoms with E-state index in [1.807, 2.05) is 0 Å². The minimum atomic E-state index is -4.93. The Kier molecular flexibility index (Phi) is 6.39. The highest BCUT2D eigenvalue weighted by Crippen LogP contribution is 2.38. The van der Waals surface area contributed by atoms with Gasteiger partial charge in [0.2, 0.25) is 0 Å². The third kappa shape index (κ3) is 4.99. The van der Waals surface area contributed by atoms with Crippen LogP contribution >= 0.6 is 0 Å². The molecule has 4 aromatic rings. The van der Waals surface area contributed by atoms with Crippen LogP contribution in [0, 0.1) is 0 Å². The minimum absolute atomic E-state index is 0.133. The van der Waals surface area contributed by atoms with Gasteiger partial charge in [-0.3, -0.25) is 4.79 Å². The van der Waals surface area contributed by atoms with Gasteiger partial charge in [-0.2, -0.15) is 36.5 Å². The van der Waals surface area contributed by atoms with Crippen molar-refractivity contribution in [2.75, 3.05) is 12.4 Å². The number of methoxy groups -OCH3 is 1. The number of ether oxygens (including phenoxy) is 1. The molecular weight excluding hydrogens is 492 g/mol. The van der Waals surface area contributed by atoms with E-state index in [1.165, 1.54) is 13.2 Å². The Labute approximate surface area is 199 Å². The quantitative estimate of drug-likeness (QED) is 0.354. The molecule has 2 heterocycles. The molecule has 2 aromatic carbocycles. The van der Waals surface area contributed by atoms with E-state index in [4.69, 9.17) is 4.74 Å². The fourth-order valence-corrected chi connectivity index (χ4v) is 3.44. The smallest absolute Gasteiger partial charge is 0.420 e. The topological polar surface area (TPSA) is 81.9 Å². The molecule has 0 aliphatic heterocycles. The number of para-hydroxylation sites is 1. The second-order valence-corrected chi connectivity index (χ2v) is 7.32. The monoisotopic (exact) mass is 507 g/mol. The SMILES string of the molecule is COc1ccccc1-c1ccc(C(=O)Nc2cnc(-n3nccn3)c(C(F)(F)F)c2)c(C(F)(F)F)c1. The molecule has 1 amide bonds. The Morgan fingerprint density at radius 2 is 1.58 bits per heavy atom. The van der Waals surface area contributed by atoms with Gasteiger partial charge < -0.3 is 10.1 Å². The molecule has 0 saturated carbocycles. The number of carbonyl (C=O) groups excluding carboxylic acids is 1. The molecule has 186 valence electrons. The molecule has 7 nitrogen and oxygen atoms in total. The van der Waals surface area contributed by atoms with Crippen molar-refractivity contribution in [2.24, 2.45) is 0 Å². The predicted octanol–water partition coefficient (Wildman–Crippen LogP) is 5.63. The number of alkyl halides is 6. The van der Waals surface area contributed by atoms with Crippen LogP contribution in [0.15, 0.2) is 67.1 Å². The number of hydrogen-bond donors (Lipinski definition) is 1. The van der Waals surface area contributed by atoms with Crippen molar-refractivity contribution in [3.63, 3.8) is 0 Å². The van der Waals surface area contributed by atoms with Crippen molar-refractivity contribution in [1.29, 1.82) is 0 Å². The van der Waals surface area contributed by atoms with Crippen LogP contribution in [0.2, 0.25) is 0 Å². The summed E-state index contributed by atoms with van der Waals surface area (Å²) in [5, 5.41) is 9.27. The summed E-state index contributed by atoms with van der Waals surface area (Å²) < 4.78 is 87.6. The largest absolute Gasteiger partial charge is 0.496 e. The van der Waals surface area contributed by atoms with Crippen LogP contribution in [0.1, 0.15) is 21.5 Å². The zero-order valence-corrected chi connectivity index (χ0v) is 18.2. The van der Waals surface area contributed by atoms with Crippen LogP contribution in [0.5, 0.6) is 5.75 Å².